The Morgan fingerprint density at radius 2 is 1.89 bits per heavy atom. The molecule has 0 atom stereocenters. The molecule has 0 aliphatic heterocycles. The van der Waals surface area contributed by atoms with Gasteiger partial charge < -0.3 is 14.0 Å². The Balaban J connectivity index is 1.79. The highest BCUT2D eigenvalue weighted by molar-refractivity contribution is 7.99. The summed E-state index contributed by atoms with van der Waals surface area (Å²) in [5.41, 5.74) is 2.38. The molecule has 0 saturated carbocycles. The van der Waals surface area contributed by atoms with E-state index in [0.717, 1.165) is 16.3 Å². The molecule has 0 bridgehead atoms. The quantitative estimate of drug-likeness (QED) is 0.349. The van der Waals surface area contributed by atoms with E-state index in [4.69, 9.17) is 9.47 Å². The van der Waals surface area contributed by atoms with E-state index < -0.39 is 5.97 Å². The lowest BCUT2D eigenvalue weighted by molar-refractivity contribution is -0.141. The van der Waals surface area contributed by atoms with Crippen molar-refractivity contribution in [2.24, 2.45) is 0 Å². The van der Waals surface area contributed by atoms with E-state index in [9.17, 15) is 14.0 Å². The van der Waals surface area contributed by atoms with Crippen molar-refractivity contribution >= 4 is 23.5 Å². The van der Waals surface area contributed by atoms with E-state index in [1.165, 1.54) is 23.9 Å². The number of aryl methyl sites for hydroxylation is 1. The fourth-order valence-corrected chi connectivity index (χ4v) is 3.52. The standard InChI is InChI=1S/C20H24FNO4S/c1-14-12-18(15(2)22(14)9-10-25-3)19(23)13-26-20(24)8-11-27-17-6-4-16(21)5-7-17/h4-7,12H,8-11,13H2,1-3H3. The minimum Gasteiger partial charge on any atom is -0.457 e. The third kappa shape index (κ3) is 6.22. The fourth-order valence-electron chi connectivity index (χ4n) is 2.69. The maximum atomic E-state index is 12.8. The Bertz CT molecular complexity index is 786. The molecule has 0 saturated heterocycles. The summed E-state index contributed by atoms with van der Waals surface area (Å²) in [6, 6.07) is 7.89. The maximum Gasteiger partial charge on any atom is 0.307 e. The van der Waals surface area contributed by atoms with Gasteiger partial charge in [0.1, 0.15) is 5.82 Å². The first-order valence-corrected chi connectivity index (χ1v) is 9.63. The molecule has 1 aromatic heterocycles. The normalized spacial score (nSPS) is 10.8. The molecule has 0 aliphatic carbocycles. The van der Waals surface area contributed by atoms with Crippen molar-refractivity contribution in [3.05, 3.63) is 53.1 Å². The summed E-state index contributed by atoms with van der Waals surface area (Å²) < 4.78 is 25.0. The molecule has 0 aliphatic rings. The molecule has 27 heavy (non-hydrogen) atoms. The number of benzene rings is 1. The highest BCUT2D eigenvalue weighted by atomic mass is 32.2. The van der Waals surface area contributed by atoms with Crippen molar-refractivity contribution in [3.63, 3.8) is 0 Å². The van der Waals surface area contributed by atoms with Crippen LogP contribution in [0, 0.1) is 19.7 Å². The number of aromatic nitrogens is 1. The Hall–Kier alpha value is -2.12. The highest BCUT2D eigenvalue weighted by Gasteiger charge is 2.17. The van der Waals surface area contributed by atoms with Crippen LogP contribution in [-0.2, 0) is 20.8 Å². The number of ether oxygens (including phenoxy) is 2. The van der Waals surface area contributed by atoms with Crippen LogP contribution < -0.4 is 0 Å². The first-order valence-electron chi connectivity index (χ1n) is 8.65. The van der Waals surface area contributed by atoms with Crippen LogP contribution in [0.2, 0.25) is 0 Å². The lowest BCUT2D eigenvalue weighted by atomic mass is 10.1. The first kappa shape index (κ1) is 21.2. The molecule has 1 aromatic carbocycles. The Morgan fingerprint density at radius 1 is 1.19 bits per heavy atom. The van der Waals surface area contributed by atoms with Crippen LogP contribution in [0.4, 0.5) is 4.39 Å². The molecule has 0 radical (unpaired) electrons. The third-order valence-electron chi connectivity index (χ3n) is 4.15. The molecule has 0 unspecified atom stereocenters. The SMILES string of the molecule is COCCn1c(C)cc(C(=O)COC(=O)CCSc2ccc(F)cc2)c1C. The second kappa shape index (κ2) is 10.3. The summed E-state index contributed by atoms with van der Waals surface area (Å²) in [6.45, 7) is 4.76. The van der Waals surface area contributed by atoms with Gasteiger partial charge in [0.2, 0.25) is 5.78 Å². The number of carbonyl (C=O) groups excluding carboxylic acids is 2. The number of methoxy groups -OCH3 is 1. The van der Waals surface area contributed by atoms with Crippen LogP contribution in [0.25, 0.3) is 0 Å². The van der Waals surface area contributed by atoms with E-state index in [1.54, 1.807) is 19.2 Å². The van der Waals surface area contributed by atoms with Crippen molar-refractivity contribution in [2.45, 2.75) is 31.7 Å². The van der Waals surface area contributed by atoms with Crippen molar-refractivity contribution in [1.82, 2.24) is 4.57 Å². The van der Waals surface area contributed by atoms with Crippen molar-refractivity contribution in [1.29, 1.82) is 0 Å². The summed E-state index contributed by atoms with van der Waals surface area (Å²) in [4.78, 5) is 25.1. The number of nitrogens with zero attached hydrogens (tertiary/aromatic N) is 1. The average molecular weight is 393 g/mol. The smallest absolute Gasteiger partial charge is 0.307 e. The number of hydrogen-bond donors (Lipinski definition) is 0. The number of thioether (sulfide) groups is 1. The Kier molecular flexibility index (Phi) is 8.06. The van der Waals surface area contributed by atoms with E-state index >= 15 is 0 Å². The summed E-state index contributed by atoms with van der Waals surface area (Å²) in [5, 5.41) is 0. The third-order valence-corrected chi connectivity index (χ3v) is 5.16. The Morgan fingerprint density at radius 3 is 2.56 bits per heavy atom. The number of Topliss-reactive ketones (excluding diaryl/α,β-unsaturated/α-hetero) is 1. The van der Waals surface area contributed by atoms with Crippen LogP contribution >= 0.6 is 11.8 Å². The second-order valence-electron chi connectivity index (χ2n) is 6.07. The number of ketones is 1. The topological polar surface area (TPSA) is 57.5 Å². The predicted molar refractivity (Wildman–Crippen MR) is 103 cm³/mol. The minimum absolute atomic E-state index is 0.183. The van der Waals surface area contributed by atoms with Crippen LogP contribution in [0.3, 0.4) is 0 Å². The summed E-state index contributed by atoms with van der Waals surface area (Å²) >= 11 is 1.44. The van der Waals surface area contributed by atoms with Gasteiger partial charge in [-0.05, 0) is 44.2 Å². The zero-order valence-corrected chi connectivity index (χ0v) is 16.6. The van der Waals surface area contributed by atoms with E-state index in [2.05, 4.69) is 0 Å². The fraction of sp³-hybridized carbons (Fsp3) is 0.400. The van der Waals surface area contributed by atoms with Crippen molar-refractivity contribution in [2.75, 3.05) is 26.1 Å². The van der Waals surface area contributed by atoms with Gasteiger partial charge in [-0.25, -0.2) is 4.39 Å². The van der Waals surface area contributed by atoms with Crippen molar-refractivity contribution < 1.29 is 23.5 Å². The van der Waals surface area contributed by atoms with E-state index in [-0.39, 0.29) is 24.6 Å². The summed E-state index contributed by atoms with van der Waals surface area (Å²) in [5.74, 6) is -0.430. The average Bonchev–Trinajstić information content (AvgIpc) is 2.93. The first-order chi connectivity index (χ1) is 12.9. The van der Waals surface area contributed by atoms with Gasteiger partial charge in [0, 0.05) is 41.3 Å². The lowest BCUT2D eigenvalue weighted by Gasteiger charge is -2.09. The van der Waals surface area contributed by atoms with Crippen LogP contribution in [0.5, 0.6) is 0 Å². The van der Waals surface area contributed by atoms with E-state index in [0.29, 0.717) is 24.5 Å². The minimum atomic E-state index is -0.425. The largest absolute Gasteiger partial charge is 0.457 e. The molecule has 5 nitrogen and oxygen atoms in total. The van der Waals surface area contributed by atoms with Gasteiger partial charge in [0.05, 0.1) is 13.0 Å². The molecule has 0 spiro atoms. The maximum absolute atomic E-state index is 12.8. The molecule has 1 heterocycles. The number of hydrogen-bond acceptors (Lipinski definition) is 5. The van der Waals surface area contributed by atoms with Gasteiger partial charge in [-0.2, -0.15) is 0 Å². The summed E-state index contributed by atoms with van der Waals surface area (Å²) in [6.07, 6.45) is 0.183. The molecule has 2 aromatic rings. The molecular formula is C20H24FNO4S. The van der Waals surface area contributed by atoms with Crippen LogP contribution in [0.15, 0.2) is 35.2 Å². The van der Waals surface area contributed by atoms with Gasteiger partial charge in [-0.15, -0.1) is 11.8 Å². The summed E-state index contributed by atoms with van der Waals surface area (Å²) in [7, 11) is 1.63. The molecular weight excluding hydrogens is 369 g/mol. The molecule has 0 fully saturated rings. The van der Waals surface area contributed by atoms with Crippen molar-refractivity contribution in [3.8, 4) is 0 Å². The predicted octanol–water partition coefficient (Wildman–Crippen LogP) is 3.80. The number of halogens is 1. The van der Waals surface area contributed by atoms with Crippen LogP contribution in [-0.4, -0.2) is 42.4 Å². The number of carbonyl (C=O) groups is 2. The lowest BCUT2D eigenvalue weighted by Crippen LogP contribution is -2.15. The number of rotatable bonds is 10. The zero-order valence-electron chi connectivity index (χ0n) is 15.8. The molecule has 0 amide bonds. The number of esters is 1. The monoisotopic (exact) mass is 393 g/mol. The van der Waals surface area contributed by atoms with Gasteiger partial charge in [-0.1, -0.05) is 0 Å². The zero-order chi connectivity index (χ0) is 19.8. The van der Waals surface area contributed by atoms with Crippen LogP contribution in [0.1, 0.15) is 28.2 Å². The molecule has 7 heteroatoms. The van der Waals surface area contributed by atoms with E-state index in [1.807, 2.05) is 24.5 Å². The van der Waals surface area contributed by atoms with Gasteiger partial charge >= 0.3 is 5.97 Å². The van der Waals surface area contributed by atoms with Gasteiger partial charge in [-0.3, -0.25) is 9.59 Å². The van der Waals surface area contributed by atoms with Gasteiger partial charge in [0.25, 0.3) is 0 Å². The van der Waals surface area contributed by atoms with Gasteiger partial charge in [0.15, 0.2) is 6.61 Å². The second-order valence-corrected chi connectivity index (χ2v) is 7.23. The molecule has 146 valence electrons. The molecule has 0 N–H and O–H groups in total. The molecule has 2 rings (SSSR count). The Labute approximate surface area is 162 Å². The highest BCUT2D eigenvalue weighted by Crippen LogP contribution is 2.19.